The highest BCUT2D eigenvalue weighted by Crippen LogP contribution is 2.37. The number of ether oxygens (including phenoxy) is 3. The Morgan fingerprint density at radius 1 is 0.982 bits per heavy atom. The Balaban J connectivity index is 1.31. The van der Waals surface area contributed by atoms with Crippen LogP contribution in [0.4, 0.5) is 10.6 Å². The van der Waals surface area contributed by atoms with Crippen molar-refractivity contribution in [2.24, 2.45) is 5.73 Å². The van der Waals surface area contributed by atoms with Crippen LogP contribution in [-0.2, 0) is 29.6 Å². The first-order valence-electron chi connectivity index (χ1n) is 16.8. The van der Waals surface area contributed by atoms with Gasteiger partial charge < -0.3 is 40.7 Å². The van der Waals surface area contributed by atoms with Gasteiger partial charge in [0.1, 0.15) is 58.2 Å². The number of nitriles is 2. The van der Waals surface area contributed by atoms with E-state index < -0.39 is 48.0 Å². The molecule has 16 nitrogen and oxygen atoms in total. The number of hydrogen-bond acceptors (Lipinski definition) is 14. The molecule has 56 heavy (non-hydrogen) atoms. The SMILES string of the molecule is C[C@H](NC(=O)[C@H](CC(N)=O)NC(=O)OC(C)(C)C)C(=O)OC[CH]COc1ccc(-c2c(C#N)c(N)nc(SCc3coc(-c4ccc(Cl)cc4)n3)c2C#N)cc1. The summed E-state index contributed by atoms with van der Waals surface area (Å²) < 4.78 is 21.6. The fraction of sp³-hybridized carbons (Fsp3) is 0.289. The molecule has 1 radical (unpaired) electrons. The van der Waals surface area contributed by atoms with Crippen molar-refractivity contribution in [1.29, 1.82) is 10.5 Å². The number of benzene rings is 2. The Kier molecular flexibility index (Phi) is 14.7. The molecule has 2 heterocycles. The third kappa shape index (κ3) is 12.1. The molecule has 4 aromatic rings. The van der Waals surface area contributed by atoms with E-state index in [-0.39, 0.29) is 30.2 Å². The number of aromatic nitrogens is 2. The van der Waals surface area contributed by atoms with E-state index >= 15 is 0 Å². The second-order valence-corrected chi connectivity index (χ2v) is 14.3. The third-order valence-electron chi connectivity index (χ3n) is 7.39. The van der Waals surface area contributed by atoms with Crippen molar-refractivity contribution in [2.75, 3.05) is 18.9 Å². The van der Waals surface area contributed by atoms with Gasteiger partial charge in [-0.1, -0.05) is 35.5 Å². The first-order valence-corrected chi connectivity index (χ1v) is 18.2. The highest BCUT2D eigenvalue weighted by atomic mass is 35.5. The summed E-state index contributed by atoms with van der Waals surface area (Å²) in [6.07, 6.45) is 1.58. The van der Waals surface area contributed by atoms with Gasteiger partial charge in [0.15, 0.2) is 0 Å². The fourth-order valence-electron chi connectivity index (χ4n) is 4.85. The summed E-state index contributed by atoms with van der Waals surface area (Å²) in [4.78, 5) is 57.7. The molecule has 3 amide bonds. The van der Waals surface area contributed by atoms with Crippen LogP contribution in [0.5, 0.6) is 5.75 Å². The molecule has 2 aromatic heterocycles. The van der Waals surface area contributed by atoms with E-state index in [4.69, 9.17) is 41.7 Å². The largest absolute Gasteiger partial charge is 0.493 e. The number of thioether (sulfide) groups is 1. The van der Waals surface area contributed by atoms with Gasteiger partial charge >= 0.3 is 12.1 Å². The number of halogens is 1. The number of rotatable bonds is 16. The quantitative estimate of drug-likeness (QED) is 0.0655. The van der Waals surface area contributed by atoms with Gasteiger partial charge in [-0.3, -0.25) is 9.59 Å². The number of amides is 3. The molecule has 0 spiro atoms. The van der Waals surface area contributed by atoms with Crippen LogP contribution >= 0.6 is 23.4 Å². The van der Waals surface area contributed by atoms with Crippen molar-refractivity contribution in [2.45, 2.75) is 62.6 Å². The van der Waals surface area contributed by atoms with Crippen LogP contribution in [-0.4, -0.2) is 64.7 Å². The lowest BCUT2D eigenvalue weighted by atomic mass is 9.97. The van der Waals surface area contributed by atoms with Crippen molar-refractivity contribution in [3.05, 3.63) is 83.1 Å². The molecule has 0 unspecified atom stereocenters. The molecule has 291 valence electrons. The van der Waals surface area contributed by atoms with Crippen LogP contribution in [0.1, 0.15) is 50.9 Å². The van der Waals surface area contributed by atoms with E-state index in [9.17, 15) is 29.7 Å². The average Bonchev–Trinajstić information content (AvgIpc) is 3.61. The van der Waals surface area contributed by atoms with Gasteiger partial charge in [-0.15, -0.1) is 0 Å². The number of nitrogens with zero attached hydrogens (tertiary/aromatic N) is 4. The summed E-state index contributed by atoms with van der Waals surface area (Å²) in [6.45, 7) is 6.12. The van der Waals surface area contributed by atoms with Crippen molar-refractivity contribution in [3.63, 3.8) is 0 Å². The monoisotopic (exact) mass is 801 g/mol. The molecule has 2 atom stereocenters. The molecule has 0 saturated carbocycles. The minimum absolute atomic E-state index is 0.0333. The number of esters is 1. The summed E-state index contributed by atoms with van der Waals surface area (Å²) >= 11 is 7.20. The summed E-state index contributed by atoms with van der Waals surface area (Å²) in [7, 11) is 0. The van der Waals surface area contributed by atoms with Crippen molar-refractivity contribution in [1.82, 2.24) is 20.6 Å². The number of carbonyl (C=O) groups is 4. The lowest BCUT2D eigenvalue weighted by molar-refractivity contribution is -0.146. The molecule has 0 saturated heterocycles. The highest BCUT2D eigenvalue weighted by Gasteiger charge is 2.28. The summed E-state index contributed by atoms with van der Waals surface area (Å²) in [5, 5.41) is 25.7. The molecular weight excluding hydrogens is 764 g/mol. The van der Waals surface area contributed by atoms with Gasteiger partial charge in [0.25, 0.3) is 0 Å². The maximum Gasteiger partial charge on any atom is 0.408 e. The predicted octanol–water partition coefficient (Wildman–Crippen LogP) is 5.07. The van der Waals surface area contributed by atoms with Gasteiger partial charge in [-0.2, -0.15) is 10.5 Å². The molecule has 18 heteroatoms. The maximum atomic E-state index is 12.7. The predicted molar refractivity (Wildman–Crippen MR) is 205 cm³/mol. The fourth-order valence-corrected chi connectivity index (χ4v) is 5.85. The molecule has 0 aliphatic carbocycles. The van der Waals surface area contributed by atoms with E-state index in [0.717, 1.165) is 5.56 Å². The number of nitrogens with one attached hydrogen (secondary N) is 2. The zero-order chi connectivity index (χ0) is 41.0. The first-order chi connectivity index (χ1) is 26.6. The molecule has 0 fully saturated rings. The zero-order valence-electron chi connectivity index (χ0n) is 30.8. The van der Waals surface area contributed by atoms with Crippen molar-refractivity contribution >= 4 is 53.1 Å². The first kappa shape index (κ1) is 42.4. The minimum Gasteiger partial charge on any atom is -0.493 e. The summed E-state index contributed by atoms with van der Waals surface area (Å²) in [6, 6.07) is 15.4. The highest BCUT2D eigenvalue weighted by molar-refractivity contribution is 7.98. The van der Waals surface area contributed by atoms with E-state index in [2.05, 4.69) is 32.7 Å². The number of nitrogens with two attached hydrogens (primary N) is 2. The Morgan fingerprint density at radius 3 is 2.27 bits per heavy atom. The lowest BCUT2D eigenvalue weighted by Gasteiger charge is -2.23. The smallest absolute Gasteiger partial charge is 0.408 e. The molecule has 6 N–H and O–H groups in total. The topological polar surface area (TPSA) is 259 Å². The molecule has 0 bridgehead atoms. The lowest BCUT2D eigenvalue weighted by Crippen LogP contribution is -2.53. The van der Waals surface area contributed by atoms with Gasteiger partial charge in [-0.05, 0) is 69.7 Å². The van der Waals surface area contributed by atoms with Gasteiger partial charge in [-0.25, -0.2) is 19.6 Å². The number of alkyl carbamates (subject to hydrolysis) is 1. The Labute approximate surface area is 331 Å². The van der Waals surface area contributed by atoms with Crippen molar-refractivity contribution in [3.8, 4) is 40.5 Å². The van der Waals surface area contributed by atoms with Gasteiger partial charge in [0.2, 0.25) is 17.7 Å². The number of hydrogen-bond donors (Lipinski definition) is 4. The van der Waals surface area contributed by atoms with E-state index in [1.165, 1.54) is 31.4 Å². The van der Waals surface area contributed by atoms with E-state index in [1.54, 1.807) is 69.3 Å². The van der Waals surface area contributed by atoms with Crippen LogP contribution < -0.4 is 26.8 Å². The van der Waals surface area contributed by atoms with Crippen LogP contribution in [0.15, 0.2) is 64.2 Å². The average molecular weight is 802 g/mol. The number of oxazole rings is 1. The molecule has 0 aliphatic rings. The van der Waals surface area contributed by atoms with Gasteiger partial charge in [0, 0.05) is 28.3 Å². The standard InChI is InChI=1S/C38H38ClN8O8S/c1-21(44-33(49)29(16-30(42)48)46-37(51)55-38(2,3)4)36(50)53-15-5-14-52-26-12-8-22(9-13-26)31-27(17-40)32(43)47-35(28(31)18-41)56-20-25-19-54-34(45-25)23-6-10-24(39)11-7-23/h5-13,19,21,29H,14-16,20H2,1-4H3,(H2,42,48)(H2,43,47)(H,44,49)(H,46,51)/t21-,29-/m0/s1. The Bertz CT molecular complexity index is 2140. The normalized spacial score (nSPS) is 12.0. The van der Waals surface area contributed by atoms with Crippen LogP contribution in [0.2, 0.25) is 5.02 Å². The number of nitrogen functional groups attached to an aromatic ring is 1. The molecule has 4 rings (SSSR count). The number of primary amides is 1. The summed E-state index contributed by atoms with van der Waals surface area (Å²) in [5.41, 5.74) is 13.0. The van der Waals surface area contributed by atoms with Crippen LogP contribution in [0.3, 0.4) is 0 Å². The molecular formula is C38H38ClN8O8S. The summed E-state index contributed by atoms with van der Waals surface area (Å²) in [5.74, 6) is -1.35. The van der Waals surface area contributed by atoms with Gasteiger partial charge in [0.05, 0.1) is 30.9 Å². The second-order valence-electron chi connectivity index (χ2n) is 12.9. The van der Waals surface area contributed by atoms with Crippen molar-refractivity contribution < 1.29 is 37.8 Å². The third-order valence-corrected chi connectivity index (χ3v) is 8.66. The number of carbonyl (C=O) groups excluding carboxylic acids is 4. The Morgan fingerprint density at radius 2 is 1.64 bits per heavy atom. The minimum atomic E-state index is -1.38. The molecule has 0 aliphatic heterocycles. The van der Waals surface area contributed by atoms with Crippen LogP contribution in [0.25, 0.3) is 22.6 Å². The second kappa shape index (κ2) is 19.3. The molecule has 2 aromatic carbocycles. The zero-order valence-corrected chi connectivity index (χ0v) is 32.3. The van der Waals surface area contributed by atoms with Crippen LogP contribution in [0, 0.1) is 29.1 Å². The van der Waals surface area contributed by atoms with E-state index in [1.807, 2.05) is 0 Å². The Hall–Kier alpha value is -6.30. The maximum absolute atomic E-state index is 12.7. The van der Waals surface area contributed by atoms with E-state index in [0.29, 0.717) is 44.3 Å². The number of anilines is 1. The number of pyridine rings is 1.